The lowest BCUT2D eigenvalue weighted by atomic mass is 9.65. The quantitative estimate of drug-likeness (QED) is 0.105. The van der Waals surface area contributed by atoms with Gasteiger partial charge in [0.15, 0.2) is 0 Å². The predicted octanol–water partition coefficient (Wildman–Crippen LogP) is 6.87. The number of benzene rings is 4. The molecule has 2 nitrogen and oxygen atoms in total. The molecule has 1 heterocycles. The zero-order valence-corrected chi connectivity index (χ0v) is 24.0. The van der Waals surface area contributed by atoms with E-state index in [1.807, 2.05) is 6.20 Å². The van der Waals surface area contributed by atoms with Gasteiger partial charge in [-0.05, 0) is 41.2 Å². The van der Waals surface area contributed by atoms with Crippen LogP contribution in [-0.2, 0) is 6.17 Å². The van der Waals surface area contributed by atoms with E-state index >= 15 is 0 Å². The zero-order valence-electron chi connectivity index (χ0n) is 22.6. The minimum absolute atomic E-state index is 0.318. The van der Waals surface area contributed by atoms with Gasteiger partial charge in [0, 0.05) is 28.1 Å². The van der Waals surface area contributed by atoms with Crippen molar-refractivity contribution in [3.8, 4) is 0 Å². The molecule has 39 heavy (non-hydrogen) atoms. The van der Waals surface area contributed by atoms with Crippen molar-refractivity contribution in [2.24, 2.45) is 0 Å². The van der Waals surface area contributed by atoms with Gasteiger partial charge in [0.25, 0.3) is 0 Å². The fraction of sp³-hybridized carbons (Fsp3) is 0.114. The summed E-state index contributed by atoms with van der Waals surface area (Å²) in [7, 11) is 1.91. The predicted molar refractivity (Wildman–Crippen MR) is 171 cm³/mol. The number of allylic oxidation sites excluding steroid dienone is 1. The second-order valence-electron chi connectivity index (χ2n) is 9.84. The summed E-state index contributed by atoms with van der Waals surface area (Å²) >= 11 is 0. The molecule has 0 unspecified atom stereocenters. The summed E-state index contributed by atoms with van der Waals surface area (Å²) in [5, 5.41) is 0. The van der Waals surface area contributed by atoms with Crippen molar-refractivity contribution in [1.29, 1.82) is 0 Å². The molecule has 4 heteroatoms. The standard InChI is InChI=1S/C35H34BN2Si/c1-28(34(31-18-10-4-11-19-31)32-20-12-5-13-21-32)22-25-39-27-38-24-23-37-35(38)36-33(30-16-8-3-9-17-30)26-29-14-6-2-7-15-29/h2-21,23-24,26H,22,25,27,39H2,1H3. The van der Waals surface area contributed by atoms with Gasteiger partial charge in [0.05, 0.1) is 5.72 Å². The molecule has 1 radical (unpaired) electrons. The summed E-state index contributed by atoms with van der Waals surface area (Å²) in [4.78, 5) is 4.72. The average Bonchev–Trinajstić information content (AvgIpc) is 3.44. The number of hydrogen-bond acceptors (Lipinski definition) is 1. The summed E-state index contributed by atoms with van der Waals surface area (Å²) in [6.07, 6.45) is 8.51. The van der Waals surface area contributed by atoms with Gasteiger partial charge in [-0.1, -0.05) is 144 Å². The molecule has 5 rings (SSSR count). The molecule has 0 fully saturated rings. The first-order chi connectivity index (χ1) is 19.3. The van der Waals surface area contributed by atoms with E-state index in [9.17, 15) is 0 Å². The van der Waals surface area contributed by atoms with Crippen LogP contribution in [0.4, 0.5) is 0 Å². The molecule has 1 aromatic heterocycles. The van der Waals surface area contributed by atoms with Crippen molar-refractivity contribution in [2.75, 3.05) is 0 Å². The second kappa shape index (κ2) is 13.6. The van der Waals surface area contributed by atoms with Gasteiger partial charge in [-0.2, -0.15) is 0 Å². The second-order valence-corrected chi connectivity index (χ2v) is 11.7. The van der Waals surface area contributed by atoms with E-state index in [4.69, 9.17) is 4.98 Å². The summed E-state index contributed by atoms with van der Waals surface area (Å²) in [6.45, 7) is 2.31. The van der Waals surface area contributed by atoms with Crippen molar-refractivity contribution in [3.63, 3.8) is 0 Å². The lowest BCUT2D eigenvalue weighted by molar-refractivity contribution is 0.894. The number of aromatic nitrogens is 2. The molecule has 0 N–H and O–H groups in total. The van der Waals surface area contributed by atoms with E-state index in [1.54, 1.807) is 0 Å². The van der Waals surface area contributed by atoms with E-state index in [0.29, 0.717) is 0 Å². The maximum absolute atomic E-state index is 4.72. The molecular formula is C35H34BN2Si. The summed E-state index contributed by atoms with van der Waals surface area (Å²) in [5.41, 5.74) is 10.0. The van der Waals surface area contributed by atoms with Crippen LogP contribution in [0, 0.1) is 0 Å². The molecular weight excluding hydrogens is 487 g/mol. The molecule has 0 spiro atoms. The third kappa shape index (κ3) is 7.24. The van der Waals surface area contributed by atoms with Crippen LogP contribution < -0.4 is 5.72 Å². The van der Waals surface area contributed by atoms with Gasteiger partial charge < -0.3 is 4.57 Å². The monoisotopic (exact) mass is 521 g/mol. The number of rotatable bonds is 11. The van der Waals surface area contributed by atoms with Crippen molar-refractivity contribution >= 4 is 39.6 Å². The third-order valence-electron chi connectivity index (χ3n) is 7.01. The Morgan fingerprint density at radius 2 is 1.28 bits per heavy atom. The Morgan fingerprint density at radius 1 is 0.744 bits per heavy atom. The van der Waals surface area contributed by atoms with E-state index in [1.165, 1.54) is 44.9 Å². The van der Waals surface area contributed by atoms with Crippen LogP contribution >= 0.6 is 0 Å². The molecule has 0 saturated carbocycles. The summed E-state index contributed by atoms with van der Waals surface area (Å²) < 4.78 is 2.34. The molecule has 0 aliphatic heterocycles. The molecule has 0 aliphatic carbocycles. The van der Waals surface area contributed by atoms with Gasteiger partial charge in [0.2, 0.25) is 7.28 Å². The molecule has 191 valence electrons. The number of hydrogen-bond donors (Lipinski definition) is 0. The first kappa shape index (κ1) is 26.5. The van der Waals surface area contributed by atoms with Crippen LogP contribution in [0.25, 0.3) is 17.1 Å². The Balaban J connectivity index is 1.28. The fourth-order valence-electron chi connectivity index (χ4n) is 5.02. The Labute approximate surface area is 235 Å². The van der Waals surface area contributed by atoms with Crippen molar-refractivity contribution in [3.05, 3.63) is 162 Å². The highest BCUT2D eigenvalue weighted by molar-refractivity contribution is 6.73. The highest BCUT2D eigenvalue weighted by atomic mass is 28.2. The van der Waals surface area contributed by atoms with E-state index in [-0.39, 0.29) is 9.52 Å². The van der Waals surface area contributed by atoms with Gasteiger partial charge in [0.1, 0.15) is 0 Å². The third-order valence-corrected chi connectivity index (χ3v) is 8.67. The van der Waals surface area contributed by atoms with Crippen LogP contribution in [0.5, 0.6) is 0 Å². The Kier molecular flexibility index (Phi) is 9.22. The highest BCUT2D eigenvalue weighted by Gasteiger charge is 2.12. The highest BCUT2D eigenvalue weighted by Crippen LogP contribution is 2.28. The molecule has 0 saturated heterocycles. The van der Waals surface area contributed by atoms with E-state index in [2.05, 4.69) is 152 Å². The first-order valence-electron chi connectivity index (χ1n) is 13.8. The Bertz CT molecular complexity index is 1470. The normalized spacial score (nSPS) is 11.6. The van der Waals surface area contributed by atoms with Crippen molar-refractivity contribution < 1.29 is 0 Å². The topological polar surface area (TPSA) is 17.8 Å². The van der Waals surface area contributed by atoms with E-state index < -0.39 is 0 Å². The summed E-state index contributed by atoms with van der Waals surface area (Å²) in [6, 6.07) is 44.0. The van der Waals surface area contributed by atoms with E-state index in [0.717, 1.165) is 18.3 Å². The largest absolute Gasteiger partial charge is 0.347 e. The van der Waals surface area contributed by atoms with Crippen molar-refractivity contribution in [1.82, 2.24) is 9.55 Å². The maximum Gasteiger partial charge on any atom is 0.241 e. The zero-order chi connectivity index (χ0) is 26.7. The van der Waals surface area contributed by atoms with Crippen LogP contribution in [0.15, 0.2) is 139 Å². The maximum atomic E-state index is 4.72. The lowest BCUT2D eigenvalue weighted by Crippen LogP contribution is -2.29. The number of nitrogens with zero attached hydrogens (tertiary/aromatic N) is 2. The van der Waals surface area contributed by atoms with Gasteiger partial charge in [-0.15, -0.1) is 0 Å². The molecule has 0 bridgehead atoms. The smallest absolute Gasteiger partial charge is 0.241 e. The average molecular weight is 522 g/mol. The molecule has 4 aromatic carbocycles. The lowest BCUT2D eigenvalue weighted by Gasteiger charge is -2.14. The minimum atomic E-state index is -0.318. The van der Waals surface area contributed by atoms with Crippen LogP contribution in [-0.4, -0.2) is 26.4 Å². The Morgan fingerprint density at radius 3 is 1.87 bits per heavy atom. The molecule has 0 aliphatic rings. The molecule has 5 aromatic rings. The molecule has 0 amide bonds. The number of imidazole rings is 1. The van der Waals surface area contributed by atoms with Crippen molar-refractivity contribution in [2.45, 2.75) is 25.6 Å². The minimum Gasteiger partial charge on any atom is -0.347 e. The summed E-state index contributed by atoms with van der Waals surface area (Å²) in [5.74, 6) is 0. The fourth-order valence-corrected chi connectivity index (χ4v) is 6.75. The molecule has 0 atom stereocenters. The SMILES string of the molecule is CC(CC[SiH2]Cn1ccnc1[B]C(=Cc1ccccc1)c1ccccc1)=C(c1ccccc1)c1ccccc1. The van der Waals surface area contributed by atoms with Gasteiger partial charge in [-0.3, -0.25) is 4.98 Å². The van der Waals surface area contributed by atoms with Gasteiger partial charge >= 0.3 is 0 Å². The van der Waals surface area contributed by atoms with Crippen LogP contribution in [0.2, 0.25) is 6.04 Å². The van der Waals surface area contributed by atoms with Crippen LogP contribution in [0.1, 0.15) is 35.6 Å². The first-order valence-corrected chi connectivity index (χ1v) is 15.8. The Hall–Kier alpha value is -4.15. The van der Waals surface area contributed by atoms with Crippen LogP contribution in [0.3, 0.4) is 0 Å². The van der Waals surface area contributed by atoms with Gasteiger partial charge in [-0.25, -0.2) is 0 Å².